The molecular weight excluding hydrogens is 447 g/mol. The van der Waals surface area contributed by atoms with Gasteiger partial charge in [-0.25, -0.2) is 4.58 Å². The number of benzene rings is 2. The van der Waals surface area contributed by atoms with Gasteiger partial charge in [-0.1, -0.05) is 12.1 Å². The van der Waals surface area contributed by atoms with Crippen LogP contribution < -0.4 is 10.1 Å². The van der Waals surface area contributed by atoms with Crippen LogP contribution in [0.1, 0.15) is 43.0 Å². The molecule has 3 heterocycles. The smallest absolute Gasteiger partial charge is 0.416 e. The minimum atomic E-state index is -4.43. The van der Waals surface area contributed by atoms with Crippen LogP contribution in [-0.2, 0) is 10.9 Å². The van der Waals surface area contributed by atoms with E-state index < -0.39 is 11.7 Å². The van der Waals surface area contributed by atoms with E-state index in [0.29, 0.717) is 31.3 Å². The Bertz CT molecular complexity index is 1280. The number of morpholine rings is 1. The van der Waals surface area contributed by atoms with Gasteiger partial charge in [0.15, 0.2) is 19.7 Å². The lowest BCUT2D eigenvalue weighted by molar-refractivity contribution is -0.560. The summed E-state index contributed by atoms with van der Waals surface area (Å²) in [5.74, 6) is 0.242. The van der Waals surface area contributed by atoms with Crippen molar-refractivity contribution in [2.75, 3.05) is 31.6 Å². The largest absolute Gasteiger partial charge is 0.482 e. The molecule has 1 aromatic heterocycles. The van der Waals surface area contributed by atoms with Gasteiger partial charge in [0.1, 0.15) is 35.5 Å². The van der Waals surface area contributed by atoms with Crippen molar-refractivity contribution < 1.29 is 27.2 Å². The molecule has 3 aliphatic rings. The predicted molar refractivity (Wildman–Crippen MR) is 120 cm³/mol. The molecule has 0 bridgehead atoms. The van der Waals surface area contributed by atoms with Crippen molar-refractivity contribution in [1.82, 2.24) is 15.0 Å². The van der Waals surface area contributed by atoms with Crippen molar-refractivity contribution in [2.24, 2.45) is 0 Å². The fraction of sp³-hybridized carbons (Fsp3) is 0.458. The molecule has 2 atom stereocenters. The molecule has 1 saturated carbocycles. The first-order valence-corrected chi connectivity index (χ1v) is 11.5. The highest BCUT2D eigenvalue weighted by atomic mass is 19.4. The molecule has 10 heteroatoms. The number of aromatic nitrogens is 3. The molecule has 6 rings (SSSR count). The Balaban J connectivity index is 1.44. The van der Waals surface area contributed by atoms with Gasteiger partial charge in [-0.05, 0) is 44.0 Å². The average Bonchev–Trinajstić information content (AvgIpc) is 3.57. The van der Waals surface area contributed by atoms with Crippen LogP contribution in [-0.4, -0.2) is 57.7 Å². The van der Waals surface area contributed by atoms with Gasteiger partial charge < -0.3 is 14.8 Å². The van der Waals surface area contributed by atoms with E-state index in [1.807, 2.05) is 25.1 Å². The van der Waals surface area contributed by atoms with Crippen molar-refractivity contribution in [2.45, 2.75) is 44.1 Å². The van der Waals surface area contributed by atoms with E-state index in [4.69, 9.17) is 14.6 Å². The molecule has 1 N–H and O–H groups in total. The number of rotatable bonds is 3. The summed E-state index contributed by atoms with van der Waals surface area (Å²) in [5.41, 5.74) is 3.25. The zero-order chi connectivity index (χ0) is 23.4. The summed E-state index contributed by atoms with van der Waals surface area (Å²) in [5, 5.41) is 12.9. The van der Waals surface area contributed by atoms with Crippen LogP contribution in [0.15, 0.2) is 36.4 Å². The second-order valence-corrected chi connectivity index (χ2v) is 9.16. The number of alkyl halides is 3. The van der Waals surface area contributed by atoms with Crippen LogP contribution in [0, 0.1) is 0 Å². The Labute approximate surface area is 194 Å². The van der Waals surface area contributed by atoms with Crippen LogP contribution in [0.5, 0.6) is 5.75 Å². The standard InChI is InChI=1S/C24H25F3N5O2/c1-14-12-31(9-10-33-14)20-13-34-21-11-15(24(25,26)27)5-8-17(21)22(20)28-18-3-2-4-19-23(18)30-32(29-19)16-6-7-16/h2-5,8,11,14,16,22,28H,6-7,9-10,12-13H2,1H3/q+1/t14-,22+/m1/s1. The molecule has 3 aromatic rings. The van der Waals surface area contributed by atoms with Crippen LogP contribution in [0.4, 0.5) is 18.9 Å². The highest BCUT2D eigenvalue weighted by Crippen LogP contribution is 2.40. The Morgan fingerprint density at radius 3 is 2.76 bits per heavy atom. The van der Waals surface area contributed by atoms with E-state index in [0.717, 1.165) is 47.4 Å². The lowest BCUT2D eigenvalue weighted by Gasteiger charge is -2.30. The SMILES string of the molecule is C[C@@H]1C[N+](=C2COc3cc(C(F)(F)F)ccc3[C@@H]2Nc2cccc3nn(C4CC4)nc23)CCO1. The first-order valence-electron chi connectivity index (χ1n) is 11.5. The Morgan fingerprint density at radius 2 is 2.00 bits per heavy atom. The summed E-state index contributed by atoms with van der Waals surface area (Å²) in [7, 11) is 0. The minimum Gasteiger partial charge on any atom is -0.482 e. The number of halogens is 3. The van der Waals surface area contributed by atoms with E-state index in [9.17, 15) is 13.2 Å². The fourth-order valence-electron chi connectivity index (χ4n) is 4.70. The van der Waals surface area contributed by atoms with Gasteiger partial charge in [-0.15, -0.1) is 0 Å². The number of nitrogens with one attached hydrogen (secondary N) is 1. The van der Waals surface area contributed by atoms with Gasteiger partial charge in [-0.3, -0.25) is 0 Å². The van der Waals surface area contributed by atoms with E-state index in [-0.39, 0.29) is 24.5 Å². The number of anilines is 1. The van der Waals surface area contributed by atoms with Crippen molar-refractivity contribution >= 4 is 22.4 Å². The number of hydrogen-bond acceptors (Lipinski definition) is 5. The lowest BCUT2D eigenvalue weighted by Crippen LogP contribution is -2.44. The molecule has 2 aromatic carbocycles. The summed E-state index contributed by atoms with van der Waals surface area (Å²) >= 11 is 0. The van der Waals surface area contributed by atoms with E-state index in [1.165, 1.54) is 6.07 Å². The lowest BCUT2D eigenvalue weighted by atomic mass is 9.95. The molecule has 1 aliphatic carbocycles. The van der Waals surface area contributed by atoms with Gasteiger partial charge in [0, 0.05) is 5.56 Å². The molecule has 0 spiro atoms. The molecule has 7 nitrogen and oxygen atoms in total. The predicted octanol–water partition coefficient (Wildman–Crippen LogP) is 4.20. The summed E-state index contributed by atoms with van der Waals surface area (Å²) in [4.78, 5) is 1.78. The monoisotopic (exact) mass is 472 g/mol. The second-order valence-electron chi connectivity index (χ2n) is 9.16. The highest BCUT2D eigenvalue weighted by molar-refractivity contribution is 5.95. The molecule has 0 radical (unpaired) electrons. The van der Waals surface area contributed by atoms with Gasteiger partial charge >= 0.3 is 6.18 Å². The third-order valence-corrected chi connectivity index (χ3v) is 6.61. The normalized spacial score (nSPS) is 25.2. The minimum absolute atomic E-state index is 0.0535. The maximum atomic E-state index is 13.3. The third-order valence-electron chi connectivity index (χ3n) is 6.61. The van der Waals surface area contributed by atoms with E-state index >= 15 is 0 Å². The second kappa shape index (κ2) is 7.97. The number of hydrogen-bond donors (Lipinski definition) is 1. The molecule has 34 heavy (non-hydrogen) atoms. The Morgan fingerprint density at radius 1 is 1.15 bits per heavy atom. The van der Waals surface area contributed by atoms with Gasteiger partial charge in [0.05, 0.1) is 17.3 Å². The molecule has 178 valence electrons. The zero-order valence-electron chi connectivity index (χ0n) is 18.7. The van der Waals surface area contributed by atoms with E-state index in [1.54, 1.807) is 4.80 Å². The number of fused-ring (bicyclic) bond motifs is 2. The Hall–Kier alpha value is -3.14. The van der Waals surface area contributed by atoms with Crippen molar-refractivity contribution in [1.29, 1.82) is 0 Å². The van der Waals surface area contributed by atoms with Crippen LogP contribution in [0.25, 0.3) is 11.0 Å². The average molecular weight is 472 g/mol. The van der Waals surface area contributed by atoms with Gasteiger partial charge in [0.25, 0.3) is 0 Å². The number of nitrogens with zero attached hydrogens (tertiary/aromatic N) is 4. The van der Waals surface area contributed by atoms with Crippen molar-refractivity contribution in [3.05, 3.63) is 47.5 Å². The van der Waals surface area contributed by atoms with Crippen molar-refractivity contribution in [3.8, 4) is 5.75 Å². The maximum absolute atomic E-state index is 13.3. The third kappa shape index (κ3) is 3.89. The maximum Gasteiger partial charge on any atom is 0.416 e. The van der Waals surface area contributed by atoms with Gasteiger partial charge in [-0.2, -0.15) is 28.2 Å². The first kappa shape index (κ1) is 21.4. The summed E-state index contributed by atoms with van der Waals surface area (Å²) in [6.07, 6.45) is -2.23. The van der Waals surface area contributed by atoms with Crippen molar-refractivity contribution in [3.63, 3.8) is 0 Å². The van der Waals surface area contributed by atoms with Gasteiger partial charge in [0.2, 0.25) is 5.71 Å². The van der Waals surface area contributed by atoms with Crippen LogP contribution in [0.3, 0.4) is 0 Å². The molecule has 0 amide bonds. The van der Waals surface area contributed by atoms with E-state index in [2.05, 4.69) is 15.0 Å². The quantitative estimate of drug-likeness (QED) is 0.579. The first-order chi connectivity index (χ1) is 16.4. The zero-order valence-corrected chi connectivity index (χ0v) is 18.7. The topological polar surface area (TPSA) is 64.2 Å². The molecule has 2 fully saturated rings. The van der Waals surface area contributed by atoms with Crippen LogP contribution in [0.2, 0.25) is 0 Å². The molecule has 1 saturated heterocycles. The fourth-order valence-corrected chi connectivity index (χ4v) is 4.70. The molecule has 2 aliphatic heterocycles. The molecular formula is C24H25F3N5O2+. The molecule has 0 unspecified atom stereocenters. The highest BCUT2D eigenvalue weighted by Gasteiger charge is 2.39. The summed E-state index contributed by atoms with van der Waals surface area (Å²) < 4.78 is 53.8. The number of ether oxygens (including phenoxy) is 2. The summed E-state index contributed by atoms with van der Waals surface area (Å²) in [6, 6.07) is 9.48. The van der Waals surface area contributed by atoms with Crippen LogP contribution >= 0.6 is 0 Å². The summed E-state index contributed by atoms with van der Waals surface area (Å²) in [6.45, 7) is 4.18. The Kier molecular flexibility index (Phi) is 5.02.